The fraction of sp³-hybridized carbons (Fsp3) is 0.154. The summed E-state index contributed by atoms with van der Waals surface area (Å²) in [5.74, 6) is -1.12. The highest BCUT2D eigenvalue weighted by molar-refractivity contribution is 6.29. The molecule has 1 N–H and O–H groups in total. The molecule has 0 fully saturated rings. The zero-order valence-corrected chi connectivity index (χ0v) is 10.2. The first-order valence-electron chi connectivity index (χ1n) is 5.44. The van der Waals surface area contributed by atoms with Gasteiger partial charge in [0.2, 0.25) is 0 Å². The molecule has 2 aromatic rings. The van der Waals surface area contributed by atoms with Gasteiger partial charge in [0, 0.05) is 24.5 Å². The number of halogens is 3. The van der Waals surface area contributed by atoms with Crippen molar-refractivity contribution >= 4 is 17.3 Å². The normalized spacial score (nSPS) is 10.4. The smallest absolute Gasteiger partial charge is 0.131 e. The van der Waals surface area contributed by atoms with Crippen molar-refractivity contribution in [3.63, 3.8) is 0 Å². The third-order valence-electron chi connectivity index (χ3n) is 2.39. The molecule has 0 radical (unpaired) electrons. The van der Waals surface area contributed by atoms with Crippen LogP contribution in [0.4, 0.5) is 14.5 Å². The van der Waals surface area contributed by atoms with Gasteiger partial charge in [0.15, 0.2) is 0 Å². The zero-order valence-electron chi connectivity index (χ0n) is 9.46. The second-order valence-corrected chi connectivity index (χ2v) is 4.21. The van der Waals surface area contributed by atoms with Gasteiger partial charge in [-0.1, -0.05) is 11.6 Å². The van der Waals surface area contributed by atoms with Gasteiger partial charge in [-0.05, 0) is 36.2 Å². The van der Waals surface area contributed by atoms with Crippen molar-refractivity contribution in [1.29, 1.82) is 0 Å². The average Bonchev–Trinajstić information content (AvgIpc) is 2.27. The summed E-state index contributed by atoms with van der Waals surface area (Å²) in [4.78, 5) is 3.86. The molecule has 18 heavy (non-hydrogen) atoms. The topological polar surface area (TPSA) is 24.9 Å². The van der Waals surface area contributed by atoms with Crippen LogP contribution in [-0.2, 0) is 6.42 Å². The van der Waals surface area contributed by atoms with Crippen molar-refractivity contribution in [1.82, 2.24) is 4.98 Å². The summed E-state index contributed by atoms with van der Waals surface area (Å²) in [6.07, 6.45) is 2.11. The summed E-state index contributed by atoms with van der Waals surface area (Å²) >= 11 is 5.73. The second-order valence-electron chi connectivity index (χ2n) is 3.82. The van der Waals surface area contributed by atoms with Gasteiger partial charge in [-0.15, -0.1) is 0 Å². The lowest BCUT2D eigenvalue weighted by Crippen LogP contribution is -2.05. The van der Waals surface area contributed by atoms with Crippen molar-refractivity contribution in [3.05, 3.63) is 58.9 Å². The van der Waals surface area contributed by atoms with E-state index in [4.69, 9.17) is 11.6 Å². The molecule has 1 aromatic heterocycles. The number of nitrogens with zero attached hydrogens (tertiary/aromatic N) is 1. The third-order valence-corrected chi connectivity index (χ3v) is 2.60. The minimum atomic E-state index is -0.558. The van der Waals surface area contributed by atoms with Crippen LogP contribution < -0.4 is 5.32 Å². The van der Waals surface area contributed by atoms with E-state index in [0.717, 1.165) is 11.8 Å². The molecule has 1 aromatic carbocycles. The number of benzene rings is 1. The molecule has 0 atom stereocenters. The predicted molar refractivity (Wildman–Crippen MR) is 67.8 cm³/mol. The first-order valence-corrected chi connectivity index (χ1v) is 5.82. The van der Waals surface area contributed by atoms with Crippen molar-refractivity contribution in [2.24, 2.45) is 0 Å². The maximum Gasteiger partial charge on any atom is 0.131 e. The predicted octanol–water partition coefficient (Wildman–Crippen LogP) is 3.67. The Morgan fingerprint density at radius 1 is 1.11 bits per heavy atom. The van der Waals surface area contributed by atoms with Crippen molar-refractivity contribution in [2.45, 2.75) is 6.42 Å². The van der Waals surface area contributed by atoms with E-state index in [1.165, 1.54) is 12.1 Å². The molecule has 2 rings (SSSR count). The fourth-order valence-corrected chi connectivity index (χ4v) is 1.79. The minimum Gasteiger partial charge on any atom is -0.385 e. The van der Waals surface area contributed by atoms with Crippen LogP contribution in [0.1, 0.15) is 5.56 Å². The molecule has 0 aliphatic rings. The van der Waals surface area contributed by atoms with Crippen LogP contribution in [0.15, 0.2) is 36.5 Å². The van der Waals surface area contributed by atoms with E-state index in [-0.39, 0.29) is 0 Å². The average molecular weight is 269 g/mol. The molecule has 94 valence electrons. The van der Waals surface area contributed by atoms with Gasteiger partial charge in [0.1, 0.15) is 16.8 Å². The Bertz CT molecular complexity index is 526. The number of anilines is 1. The van der Waals surface area contributed by atoms with Crippen molar-refractivity contribution in [3.8, 4) is 0 Å². The van der Waals surface area contributed by atoms with Crippen molar-refractivity contribution < 1.29 is 8.78 Å². The molecule has 0 saturated carbocycles. The number of nitrogens with one attached hydrogen (secondary N) is 1. The van der Waals surface area contributed by atoms with Crippen LogP contribution in [0.5, 0.6) is 0 Å². The quantitative estimate of drug-likeness (QED) is 0.856. The number of hydrogen-bond donors (Lipinski definition) is 1. The molecule has 0 aliphatic heterocycles. The van der Waals surface area contributed by atoms with Crippen LogP contribution in [0.3, 0.4) is 0 Å². The Morgan fingerprint density at radius 2 is 1.83 bits per heavy atom. The van der Waals surface area contributed by atoms with Crippen LogP contribution in [0, 0.1) is 11.6 Å². The zero-order chi connectivity index (χ0) is 13.0. The monoisotopic (exact) mass is 268 g/mol. The summed E-state index contributed by atoms with van der Waals surface area (Å²) < 4.78 is 25.9. The number of rotatable bonds is 4. The Balaban J connectivity index is 1.92. The van der Waals surface area contributed by atoms with E-state index in [1.807, 2.05) is 0 Å². The van der Waals surface area contributed by atoms with Crippen LogP contribution in [0.25, 0.3) is 0 Å². The molecule has 0 saturated heterocycles. The van der Waals surface area contributed by atoms with Gasteiger partial charge in [-0.2, -0.15) is 0 Å². The van der Waals surface area contributed by atoms with Crippen molar-refractivity contribution in [2.75, 3.05) is 11.9 Å². The number of aromatic nitrogens is 1. The maximum atomic E-state index is 12.9. The molecule has 1 heterocycles. The SMILES string of the molecule is Fc1cc(F)cc(CCNc2ccnc(Cl)c2)c1. The molecular formula is C13H11ClF2N2. The summed E-state index contributed by atoms with van der Waals surface area (Å²) in [5.41, 5.74) is 1.44. The van der Waals surface area contributed by atoms with Gasteiger partial charge >= 0.3 is 0 Å². The number of pyridine rings is 1. The maximum absolute atomic E-state index is 12.9. The first-order chi connectivity index (χ1) is 8.63. The Labute approximate surface area is 109 Å². The van der Waals surface area contributed by atoms with E-state index in [1.54, 1.807) is 18.3 Å². The molecule has 5 heteroatoms. The molecule has 0 spiro atoms. The van der Waals surface area contributed by atoms with Gasteiger partial charge in [-0.25, -0.2) is 13.8 Å². The lowest BCUT2D eigenvalue weighted by Gasteiger charge is -2.06. The third kappa shape index (κ3) is 3.67. The summed E-state index contributed by atoms with van der Waals surface area (Å²) in [6.45, 7) is 0.559. The summed E-state index contributed by atoms with van der Waals surface area (Å²) in [7, 11) is 0. The highest BCUT2D eigenvalue weighted by atomic mass is 35.5. The van der Waals surface area contributed by atoms with Gasteiger partial charge in [-0.3, -0.25) is 0 Å². The molecular weight excluding hydrogens is 258 g/mol. The molecule has 0 unspecified atom stereocenters. The summed E-state index contributed by atoms with van der Waals surface area (Å²) in [5, 5.41) is 3.50. The van der Waals surface area contributed by atoms with E-state index in [0.29, 0.717) is 23.7 Å². The lowest BCUT2D eigenvalue weighted by atomic mass is 10.1. The first kappa shape index (κ1) is 12.8. The van der Waals surface area contributed by atoms with Gasteiger partial charge < -0.3 is 5.32 Å². The molecule has 0 bridgehead atoms. The standard InChI is InChI=1S/C13H11ClF2N2/c14-13-8-12(2-4-18-13)17-3-1-9-5-10(15)7-11(16)6-9/h2,4-8H,1,3H2,(H,17,18). The molecule has 0 aliphatic carbocycles. The Hall–Kier alpha value is -1.68. The minimum absolute atomic E-state index is 0.400. The largest absolute Gasteiger partial charge is 0.385 e. The van der Waals surface area contributed by atoms with Crippen LogP contribution >= 0.6 is 11.6 Å². The van der Waals surface area contributed by atoms with Gasteiger partial charge in [0.25, 0.3) is 0 Å². The Morgan fingerprint density at radius 3 is 2.50 bits per heavy atom. The lowest BCUT2D eigenvalue weighted by molar-refractivity contribution is 0.580. The highest BCUT2D eigenvalue weighted by Crippen LogP contribution is 2.13. The van der Waals surface area contributed by atoms with Gasteiger partial charge in [0.05, 0.1) is 0 Å². The highest BCUT2D eigenvalue weighted by Gasteiger charge is 2.01. The van der Waals surface area contributed by atoms with Crippen LogP contribution in [0.2, 0.25) is 5.15 Å². The second kappa shape index (κ2) is 5.78. The Kier molecular flexibility index (Phi) is 4.10. The molecule has 0 amide bonds. The van der Waals surface area contributed by atoms with E-state index >= 15 is 0 Å². The van der Waals surface area contributed by atoms with E-state index in [2.05, 4.69) is 10.3 Å². The fourth-order valence-electron chi connectivity index (χ4n) is 1.62. The molecule has 2 nitrogen and oxygen atoms in total. The summed E-state index contributed by atoms with van der Waals surface area (Å²) in [6, 6.07) is 6.97. The number of hydrogen-bond acceptors (Lipinski definition) is 2. The van der Waals surface area contributed by atoms with Crippen LogP contribution in [-0.4, -0.2) is 11.5 Å². The van der Waals surface area contributed by atoms with E-state index < -0.39 is 11.6 Å². The van der Waals surface area contributed by atoms with E-state index in [9.17, 15) is 8.78 Å².